The van der Waals surface area contributed by atoms with Gasteiger partial charge in [-0.25, -0.2) is 4.98 Å². The zero-order valence-corrected chi connectivity index (χ0v) is 24.2. The van der Waals surface area contributed by atoms with Gasteiger partial charge in [-0.2, -0.15) is 10.5 Å². The summed E-state index contributed by atoms with van der Waals surface area (Å²) in [5.74, 6) is -0.507. The van der Waals surface area contributed by atoms with Gasteiger partial charge in [0.05, 0.1) is 34.3 Å². The number of fused-ring (bicyclic) bond motifs is 1. The Bertz CT molecular complexity index is 2080. The highest BCUT2D eigenvalue weighted by Gasteiger charge is 2.51. The maximum Gasteiger partial charge on any atom is 0.259 e. The third kappa shape index (κ3) is 5.55. The number of rotatable bonds is 6. The molecule has 220 valence electrons. The van der Waals surface area contributed by atoms with Crippen molar-refractivity contribution < 1.29 is 9.59 Å². The fourth-order valence-corrected chi connectivity index (χ4v) is 5.34. The summed E-state index contributed by atoms with van der Waals surface area (Å²) in [6.07, 6.45) is 2.60. The lowest BCUT2D eigenvalue weighted by Gasteiger charge is -2.15. The summed E-state index contributed by atoms with van der Waals surface area (Å²) < 4.78 is 0. The van der Waals surface area contributed by atoms with E-state index in [1.807, 2.05) is 84.9 Å². The number of carbonyl (C=O) groups is 2. The number of benzene rings is 4. The van der Waals surface area contributed by atoms with Crippen molar-refractivity contribution >= 4 is 28.4 Å². The molecule has 2 fully saturated rings. The van der Waals surface area contributed by atoms with E-state index in [4.69, 9.17) is 11.0 Å². The van der Waals surface area contributed by atoms with E-state index in [0.717, 1.165) is 29.5 Å². The highest BCUT2D eigenvalue weighted by atomic mass is 16.2. The number of amides is 2. The molecule has 2 aliphatic carbocycles. The van der Waals surface area contributed by atoms with Crippen LogP contribution in [0.25, 0.3) is 33.2 Å². The number of nitrogens with zero attached hydrogens (tertiary/aromatic N) is 3. The molecule has 0 aliphatic heterocycles. The smallest absolute Gasteiger partial charge is 0.259 e. The fraction of sp³-hybridized carbons (Fsp3) is 0.167. The van der Waals surface area contributed by atoms with Crippen molar-refractivity contribution in [1.29, 1.82) is 10.5 Å². The third-order valence-electron chi connectivity index (χ3n) is 8.28. The van der Waals surface area contributed by atoms with Crippen LogP contribution in [-0.2, 0) is 10.2 Å². The quantitative estimate of drug-likeness (QED) is 0.224. The Morgan fingerprint density at radius 2 is 1.38 bits per heavy atom. The molecule has 4 aromatic carbocycles. The molecule has 0 spiro atoms. The van der Waals surface area contributed by atoms with Crippen LogP contribution in [0.2, 0.25) is 0 Å². The Labute approximate surface area is 259 Å². The maximum atomic E-state index is 12.6. The van der Waals surface area contributed by atoms with Crippen LogP contribution >= 0.6 is 0 Å². The van der Waals surface area contributed by atoms with Crippen LogP contribution in [0.3, 0.4) is 0 Å². The second kappa shape index (κ2) is 11.6. The highest BCUT2D eigenvalue weighted by molar-refractivity contribution is 6.09. The monoisotopic (exact) mass is 592 g/mol. The molecule has 2 saturated carbocycles. The number of carbonyl (C=O) groups excluding carboxylic acids is 2. The number of nitrogens with one attached hydrogen (secondary N) is 2. The number of anilines is 1. The molecule has 0 radical (unpaired) electrons. The van der Waals surface area contributed by atoms with Gasteiger partial charge >= 0.3 is 0 Å². The molecule has 0 bridgehead atoms. The second-order valence-electron chi connectivity index (χ2n) is 11.3. The van der Waals surface area contributed by atoms with Gasteiger partial charge in [0.25, 0.3) is 11.5 Å². The van der Waals surface area contributed by atoms with Gasteiger partial charge in [-0.1, -0.05) is 84.9 Å². The van der Waals surface area contributed by atoms with E-state index in [1.54, 1.807) is 18.2 Å². The molecule has 2 aliphatic rings. The lowest BCUT2D eigenvalue weighted by Crippen LogP contribution is -2.25. The Morgan fingerprint density at radius 3 is 1.93 bits per heavy atom. The minimum absolute atomic E-state index is 0.180. The number of aromatic amines is 1. The third-order valence-corrected chi connectivity index (χ3v) is 8.28. The summed E-state index contributed by atoms with van der Waals surface area (Å²) in [7, 11) is 0. The molecule has 9 nitrogen and oxygen atoms in total. The minimum atomic E-state index is -0.961. The van der Waals surface area contributed by atoms with Crippen molar-refractivity contribution in [3.63, 3.8) is 0 Å². The molecular formula is C36H28N6O3. The van der Waals surface area contributed by atoms with Crippen molar-refractivity contribution in [3.05, 3.63) is 119 Å². The Balaban J connectivity index is 0.000000159. The van der Waals surface area contributed by atoms with Gasteiger partial charge < -0.3 is 16.0 Å². The van der Waals surface area contributed by atoms with Crippen LogP contribution < -0.4 is 16.6 Å². The first kappa shape index (κ1) is 29.0. The van der Waals surface area contributed by atoms with Gasteiger partial charge in [0, 0.05) is 0 Å². The molecule has 0 atom stereocenters. The molecule has 1 heterocycles. The summed E-state index contributed by atoms with van der Waals surface area (Å²) in [5, 5.41) is 21.7. The summed E-state index contributed by atoms with van der Waals surface area (Å²) in [6, 6.07) is 34.2. The van der Waals surface area contributed by atoms with E-state index >= 15 is 0 Å². The Hall–Kier alpha value is -6.06. The number of H-pyrrole nitrogens is 1. The number of nitrogens with two attached hydrogens (primary N) is 1. The highest BCUT2D eigenvalue weighted by Crippen LogP contribution is 2.46. The molecule has 7 rings (SSSR count). The largest absolute Gasteiger partial charge is 0.366 e. The Kier molecular flexibility index (Phi) is 7.45. The van der Waals surface area contributed by atoms with Crippen molar-refractivity contribution in [2.45, 2.75) is 31.1 Å². The van der Waals surface area contributed by atoms with Crippen LogP contribution in [-0.4, -0.2) is 21.8 Å². The van der Waals surface area contributed by atoms with Crippen LogP contribution in [0.5, 0.6) is 0 Å². The van der Waals surface area contributed by atoms with E-state index in [1.165, 1.54) is 0 Å². The van der Waals surface area contributed by atoms with Gasteiger partial charge in [0.1, 0.15) is 16.7 Å². The van der Waals surface area contributed by atoms with Crippen molar-refractivity contribution in [2.75, 3.05) is 5.32 Å². The summed E-state index contributed by atoms with van der Waals surface area (Å²) >= 11 is 0. The van der Waals surface area contributed by atoms with E-state index < -0.39 is 16.7 Å². The topological polar surface area (TPSA) is 166 Å². The van der Waals surface area contributed by atoms with Crippen molar-refractivity contribution in [3.8, 4) is 34.4 Å². The number of primary amides is 1. The average Bonchev–Trinajstić information content (AvgIpc) is 4.01. The molecule has 0 saturated heterocycles. The average molecular weight is 593 g/mol. The number of aromatic nitrogens is 2. The van der Waals surface area contributed by atoms with Gasteiger partial charge in [-0.05, 0) is 60.1 Å². The van der Waals surface area contributed by atoms with E-state index in [9.17, 15) is 19.6 Å². The molecule has 1 aromatic heterocycles. The van der Waals surface area contributed by atoms with Crippen LogP contribution in [0.15, 0.2) is 102 Å². The second-order valence-corrected chi connectivity index (χ2v) is 11.3. The molecule has 5 aromatic rings. The van der Waals surface area contributed by atoms with Crippen LogP contribution in [0.1, 0.15) is 41.9 Å². The first-order valence-corrected chi connectivity index (χ1v) is 14.5. The molecule has 9 heteroatoms. The van der Waals surface area contributed by atoms with Crippen LogP contribution in [0, 0.1) is 28.1 Å². The molecule has 45 heavy (non-hydrogen) atoms. The molecule has 2 amide bonds. The zero-order valence-electron chi connectivity index (χ0n) is 24.2. The predicted molar refractivity (Wildman–Crippen MR) is 171 cm³/mol. The van der Waals surface area contributed by atoms with E-state index in [0.29, 0.717) is 40.8 Å². The number of hydrogen-bond acceptors (Lipinski definition) is 6. The van der Waals surface area contributed by atoms with E-state index in [-0.39, 0.29) is 17.0 Å². The fourth-order valence-electron chi connectivity index (χ4n) is 5.34. The zero-order chi connectivity index (χ0) is 31.6. The molecular weight excluding hydrogens is 564 g/mol. The summed E-state index contributed by atoms with van der Waals surface area (Å²) in [4.78, 5) is 44.2. The van der Waals surface area contributed by atoms with Crippen molar-refractivity contribution in [2.24, 2.45) is 11.1 Å². The maximum absolute atomic E-state index is 12.6. The minimum Gasteiger partial charge on any atom is -0.366 e. The van der Waals surface area contributed by atoms with Crippen LogP contribution in [0.4, 0.5) is 5.69 Å². The standard InChI is InChI=1S/C18H15N3O2.C18H13N3O/c19-11-18(9-10-18)17(23)21-14-8-4-7-13(15(14)16(20)22)12-5-2-1-3-6-12;19-11-18(9-10-18)17-20-14-8-4-7-13(15(14)16(22)21-17)12-5-2-1-3-6-12/h1-8H,9-10H2,(H2,20,22)(H,21,23);1-8H,9-10H2,(H,20,21,22). The Morgan fingerprint density at radius 1 is 0.778 bits per heavy atom. The van der Waals surface area contributed by atoms with Gasteiger partial charge in [0.2, 0.25) is 5.91 Å². The molecule has 4 N–H and O–H groups in total. The lowest BCUT2D eigenvalue weighted by molar-refractivity contribution is -0.119. The molecule has 0 unspecified atom stereocenters. The number of nitriles is 2. The van der Waals surface area contributed by atoms with Crippen molar-refractivity contribution in [1.82, 2.24) is 9.97 Å². The number of hydrogen-bond donors (Lipinski definition) is 3. The first-order chi connectivity index (χ1) is 21.8. The van der Waals surface area contributed by atoms with Gasteiger partial charge in [0.15, 0.2) is 0 Å². The van der Waals surface area contributed by atoms with E-state index in [2.05, 4.69) is 21.4 Å². The SMILES string of the molecule is N#CC1(C(=O)Nc2cccc(-c3ccccc3)c2C(N)=O)CC1.N#CC1(c2nc3cccc(-c4ccccc4)c3c(=O)[nH]2)CC1. The summed E-state index contributed by atoms with van der Waals surface area (Å²) in [6.45, 7) is 0. The predicted octanol–water partition coefficient (Wildman–Crippen LogP) is 5.84. The lowest BCUT2D eigenvalue weighted by atomic mass is 9.97. The summed E-state index contributed by atoms with van der Waals surface area (Å²) in [5.41, 5.74) is 8.36. The van der Waals surface area contributed by atoms with Gasteiger partial charge in [-0.3, -0.25) is 14.4 Å². The first-order valence-electron chi connectivity index (χ1n) is 14.5. The normalized spacial score (nSPS) is 15.0. The van der Waals surface area contributed by atoms with Gasteiger partial charge in [-0.15, -0.1) is 0 Å².